The molecule has 202 valence electrons. The van der Waals surface area contributed by atoms with Crippen molar-refractivity contribution in [3.05, 3.63) is 66.0 Å². The van der Waals surface area contributed by atoms with Crippen molar-refractivity contribution in [3.63, 3.8) is 0 Å². The van der Waals surface area contributed by atoms with Crippen molar-refractivity contribution in [2.75, 3.05) is 29.0 Å². The number of fused-ring (bicyclic) bond motifs is 1. The lowest BCUT2D eigenvalue weighted by atomic mass is 10.1. The predicted octanol–water partition coefficient (Wildman–Crippen LogP) is 4.79. The number of aromatic amines is 1. The molecule has 10 nitrogen and oxygen atoms in total. The third kappa shape index (κ3) is 5.76. The minimum atomic E-state index is -4.54. The van der Waals surface area contributed by atoms with Crippen LogP contribution in [-0.4, -0.2) is 56.0 Å². The van der Waals surface area contributed by atoms with Crippen molar-refractivity contribution < 1.29 is 22.8 Å². The molecule has 1 aliphatic heterocycles. The number of halogens is 3. The number of H-pyrrole nitrogens is 1. The molecule has 0 aliphatic carbocycles. The molecule has 0 bridgehead atoms. The van der Waals surface area contributed by atoms with Crippen LogP contribution in [0, 0.1) is 0 Å². The smallest absolute Gasteiger partial charge is 0.363 e. The van der Waals surface area contributed by atoms with E-state index in [9.17, 15) is 22.8 Å². The van der Waals surface area contributed by atoms with Crippen molar-refractivity contribution in [1.29, 1.82) is 0 Å². The van der Waals surface area contributed by atoms with Gasteiger partial charge in [0.05, 0.1) is 16.6 Å². The van der Waals surface area contributed by atoms with Crippen molar-refractivity contribution in [3.8, 4) is 0 Å². The second kappa shape index (κ2) is 10.6. The van der Waals surface area contributed by atoms with E-state index in [1.165, 1.54) is 0 Å². The summed E-state index contributed by atoms with van der Waals surface area (Å²) >= 11 is 0. The van der Waals surface area contributed by atoms with E-state index in [1.54, 1.807) is 36.5 Å². The van der Waals surface area contributed by atoms with Crippen molar-refractivity contribution >= 4 is 45.9 Å². The van der Waals surface area contributed by atoms with Crippen LogP contribution in [0.15, 0.2) is 54.9 Å². The molecule has 4 aromatic rings. The summed E-state index contributed by atoms with van der Waals surface area (Å²) in [7, 11) is 0. The van der Waals surface area contributed by atoms with Gasteiger partial charge in [-0.25, -0.2) is 9.97 Å². The topological polar surface area (TPSA) is 128 Å². The highest BCUT2D eigenvalue weighted by Gasteiger charge is 2.31. The van der Waals surface area contributed by atoms with Crippen LogP contribution in [-0.2, 0) is 11.0 Å². The van der Waals surface area contributed by atoms with Gasteiger partial charge in [0.2, 0.25) is 5.91 Å². The fourth-order valence-corrected chi connectivity index (χ4v) is 4.41. The first-order valence-corrected chi connectivity index (χ1v) is 12.3. The molecule has 0 spiro atoms. The van der Waals surface area contributed by atoms with Crippen molar-refractivity contribution in [2.24, 2.45) is 0 Å². The van der Waals surface area contributed by atoms with Crippen molar-refractivity contribution in [2.45, 2.75) is 32.0 Å². The Labute approximate surface area is 221 Å². The number of likely N-dealkylation sites (tertiary alicyclic amines) is 1. The highest BCUT2D eigenvalue weighted by Crippen LogP contribution is 2.32. The number of nitrogens with zero attached hydrogens (tertiary/aromatic N) is 4. The number of benzene rings is 1. The number of carbonyl (C=O) groups is 2. The molecule has 1 fully saturated rings. The standard InChI is InChI=1S/C26H25F3N8O2/c1-2-21(38)37-12-9-18(14-37)33-24-22-19(8-11-31-23(22)35-36-24)32-17-5-3-15(4-6-17)25(39)34-20-13-16(7-10-30-20)26(27,28)29/h3-8,10-11,13,18H,2,9,12,14H2,1H3,(H,30,34,39)(H3,31,32,33,35,36). The number of pyridine rings is 2. The van der Waals surface area contributed by atoms with Gasteiger partial charge in [-0.3, -0.25) is 14.7 Å². The largest absolute Gasteiger partial charge is 0.416 e. The van der Waals surface area contributed by atoms with Crippen LogP contribution in [0.2, 0.25) is 0 Å². The normalized spacial score (nSPS) is 15.4. The number of hydrogen-bond acceptors (Lipinski definition) is 7. The lowest BCUT2D eigenvalue weighted by Crippen LogP contribution is -2.31. The van der Waals surface area contributed by atoms with Crippen molar-refractivity contribution in [1.82, 2.24) is 25.1 Å². The fraction of sp³-hybridized carbons (Fsp3) is 0.269. The number of carbonyl (C=O) groups excluding carboxylic acids is 2. The van der Waals surface area contributed by atoms with E-state index in [0.717, 1.165) is 35.8 Å². The lowest BCUT2D eigenvalue weighted by Gasteiger charge is -2.16. The van der Waals surface area contributed by atoms with E-state index in [4.69, 9.17) is 0 Å². The van der Waals surface area contributed by atoms with Crippen LogP contribution in [0.5, 0.6) is 0 Å². The Balaban J connectivity index is 1.28. The zero-order valence-electron chi connectivity index (χ0n) is 20.8. The summed E-state index contributed by atoms with van der Waals surface area (Å²) in [5.41, 5.74) is 1.32. The minimum Gasteiger partial charge on any atom is -0.363 e. The highest BCUT2D eigenvalue weighted by atomic mass is 19.4. The zero-order chi connectivity index (χ0) is 27.6. The van der Waals surface area contributed by atoms with E-state index in [0.29, 0.717) is 36.7 Å². The molecular formula is C26H25F3N8O2. The van der Waals surface area contributed by atoms with Crippen LogP contribution in [0.3, 0.4) is 0 Å². The molecule has 39 heavy (non-hydrogen) atoms. The monoisotopic (exact) mass is 538 g/mol. The molecular weight excluding hydrogens is 513 g/mol. The number of rotatable bonds is 7. The van der Waals surface area contributed by atoms with E-state index in [2.05, 4.69) is 36.1 Å². The summed E-state index contributed by atoms with van der Waals surface area (Å²) in [6, 6.07) is 9.94. The molecule has 1 saturated heterocycles. The molecule has 0 saturated carbocycles. The molecule has 0 radical (unpaired) electrons. The summed E-state index contributed by atoms with van der Waals surface area (Å²) in [5, 5.41) is 17.2. The maximum Gasteiger partial charge on any atom is 0.416 e. The molecule has 4 N–H and O–H groups in total. The maximum atomic E-state index is 12.9. The Morgan fingerprint density at radius 2 is 1.87 bits per heavy atom. The second-order valence-corrected chi connectivity index (χ2v) is 9.06. The van der Waals surface area contributed by atoms with Crippen LogP contribution in [0.1, 0.15) is 35.7 Å². The molecule has 1 aliphatic rings. The molecule has 1 aromatic carbocycles. The zero-order valence-corrected chi connectivity index (χ0v) is 20.8. The van der Waals surface area contributed by atoms with Gasteiger partial charge in [-0.05, 0) is 48.9 Å². The van der Waals surface area contributed by atoms with Gasteiger partial charge >= 0.3 is 6.18 Å². The predicted molar refractivity (Wildman–Crippen MR) is 140 cm³/mol. The number of aromatic nitrogens is 4. The summed E-state index contributed by atoms with van der Waals surface area (Å²) in [5.74, 6) is -0.0480. The number of nitrogens with one attached hydrogen (secondary N) is 4. The molecule has 4 heterocycles. The summed E-state index contributed by atoms with van der Waals surface area (Å²) in [6.07, 6.45) is -0.633. The van der Waals surface area contributed by atoms with Crippen LogP contribution < -0.4 is 16.0 Å². The number of anilines is 4. The summed E-state index contributed by atoms with van der Waals surface area (Å²) in [4.78, 5) is 34.6. The molecule has 1 atom stereocenters. The van der Waals surface area contributed by atoms with Crippen LogP contribution >= 0.6 is 0 Å². The van der Waals surface area contributed by atoms with E-state index in [-0.39, 0.29) is 23.3 Å². The lowest BCUT2D eigenvalue weighted by molar-refractivity contribution is -0.137. The fourth-order valence-electron chi connectivity index (χ4n) is 4.41. The van der Waals surface area contributed by atoms with Gasteiger partial charge in [0.25, 0.3) is 5.91 Å². The van der Waals surface area contributed by atoms with Gasteiger partial charge in [0.1, 0.15) is 5.82 Å². The van der Waals surface area contributed by atoms with E-state index < -0.39 is 17.6 Å². The Kier molecular flexibility index (Phi) is 7.05. The maximum absolute atomic E-state index is 12.9. The highest BCUT2D eigenvalue weighted by molar-refractivity contribution is 6.04. The molecule has 2 amide bonds. The Morgan fingerprint density at radius 1 is 1.10 bits per heavy atom. The number of alkyl halides is 3. The van der Waals surface area contributed by atoms with Gasteiger partial charge in [0, 0.05) is 49.2 Å². The van der Waals surface area contributed by atoms with Gasteiger partial charge in [-0.15, -0.1) is 0 Å². The quantitative estimate of drug-likeness (QED) is 0.266. The first-order valence-electron chi connectivity index (χ1n) is 12.3. The van der Waals surface area contributed by atoms with E-state index in [1.807, 2.05) is 11.8 Å². The number of hydrogen-bond donors (Lipinski definition) is 4. The van der Waals surface area contributed by atoms with Crippen LogP contribution in [0.25, 0.3) is 11.0 Å². The first kappa shape index (κ1) is 25.9. The molecule has 13 heteroatoms. The Morgan fingerprint density at radius 3 is 2.62 bits per heavy atom. The first-order chi connectivity index (χ1) is 18.7. The SMILES string of the molecule is CCC(=O)N1CCC(Nc2n[nH]c3nccc(Nc4ccc(C(=O)Nc5cc(C(F)(F)F)ccn5)cc4)c23)C1. The number of amides is 2. The average molecular weight is 539 g/mol. The second-order valence-electron chi connectivity index (χ2n) is 9.06. The van der Waals surface area contributed by atoms with Gasteiger partial charge in [0.15, 0.2) is 11.5 Å². The average Bonchev–Trinajstić information content (AvgIpc) is 3.56. The molecule has 3 aromatic heterocycles. The van der Waals surface area contributed by atoms with E-state index >= 15 is 0 Å². The van der Waals surface area contributed by atoms with Gasteiger partial charge < -0.3 is 20.9 Å². The Hall–Kier alpha value is -4.68. The summed E-state index contributed by atoms with van der Waals surface area (Å²) < 4.78 is 38.8. The van der Waals surface area contributed by atoms with Crippen LogP contribution in [0.4, 0.5) is 36.2 Å². The molecule has 5 rings (SSSR count). The Bertz CT molecular complexity index is 1500. The third-order valence-electron chi connectivity index (χ3n) is 6.40. The summed E-state index contributed by atoms with van der Waals surface area (Å²) in [6.45, 7) is 3.14. The van der Waals surface area contributed by atoms with Gasteiger partial charge in [-0.1, -0.05) is 6.92 Å². The molecule has 1 unspecified atom stereocenters. The third-order valence-corrected chi connectivity index (χ3v) is 6.40. The van der Waals surface area contributed by atoms with Gasteiger partial charge in [-0.2, -0.15) is 18.3 Å². The minimum absolute atomic E-state index is 0.0594.